The average Bonchev–Trinajstić information content (AvgIpc) is 3.28. The van der Waals surface area contributed by atoms with Gasteiger partial charge in [0, 0.05) is 12.1 Å². The molecule has 0 unspecified atom stereocenters. The van der Waals surface area contributed by atoms with Crippen molar-refractivity contribution in [3.8, 4) is 0 Å². The van der Waals surface area contributed by atoms with Crippen LogP contribution in [0.2, 0.25) is 0 Å². The fourth-order valence-corrected chi connectivity index (χ4v) is 4.35. The molecular weight excluding hydrogens is 339 g/mol. The number of thiazole rings is 1. The molecule has 1 N–H and O–H groups in total. The van der Waals surface area contributed by atoms with Crippen LogP contribution in [0.3, 0.4) is 0 Å². The molecular formula is C18H19FN4OS. The summed E-state index contributed by atoms with van der Waals surface area (Å²) in [4.78, 5) is 19.5. The number of hydrogen-bond acceptors (Lipinski definition) is 4. The van der Waals surface area contributed by atoms with Gasteiger partial charge in [0.15, 0.2) is 5.13 Å². The largest absolute Gasteiger partial charge is 0.282 e. The van der Waals surface area contributed by atoms with Crippen LogP contribution in [-0.4, -0.2) is 21.1 Å². The van der Waals surface area contributed by atoms with Gasteiger partial charge in [0.05, 0.1) is 22.5 Å². The number of hydrogen-bond donors (Lipinski definition) is 1. The summed E-state index contributed by atoms with van der Waals surface area (Å²) in [5, 5.41) is 7.49. The summed E-state index contributed by atoms with van der Waals surface area (Å²) in [5.74, 6) is -0.143. The lowest BCUT2D eigenvalue weighted by Crippen LogP contribution is -2.36. The molecule has 2 heterocycles. The lowest BCUT2D eigenvalue weighted by molar-refractivity contribution is -0.123. The second-order valence-electron chi connectivity index (χ2n) is 6.45. The Kier molecular flexibility index (Phi) is 4.48. The summed E-state index contributed by atoms with van der Waals surface area (Å²) in [6.07, 6.45) is 6.92. The van der Waals surface area contributed by atoms with Crippen LogP contribution in [0.5, 0.6) is 0 Å². The van der Waals surface area contributed by atoms with Crippen LogP contribution >= 0.6 is 11.3 Å². The zero-order valence-corrected chi connectivity index (χ0v) is 14.6. The fraction of sp³-hybridized carbons (Fsp3) is 0.389. The minimum Gasteiger partial charge on any atom is -0.282 e. The van der Waals surface area contributed by atoms with Crippen molar-refractivity contribution in [2.45, 2.75) is 38.6 Å². The van der Waals surface area contributed by atoms with Gasteiger partial charge in [0.2, 0.25) is 5.91 Å². The molecule has 0 saturated heterocycles. The number of aromatic nitrogens is 3. The highest BCUT2D eigenvalue weighted by Crippen LogP contribution is 2.33. The molecule has 1 saturated carbocycles. The third-order valence-corrected chi connectivity index (χ3v) is 5.72. The number of amides is 1. The van der Waals surface area contributed by atoms with Crippen molar-refractivity contribution >= 4 is 32.6 Å². The van der Waals surface area contributed by atoms with E-state index in [2.05, 4.69) is 15.2 Å². The Balaban J connectivity index is 1.68. The molecule has 2 aromatic heterocycles. The van der Waals surface area contributed by atoms with E-state index in [-0.39, 0.29) is 17.6 Å². The molecule has 0 bridgehead atoms. The molecule has 1 fully saturated rings. The minimum atomic E-state index is -0.290. The van der Waals surface area contributed by atoms with Crippen LogP contribution in [0, 0.1) is 11.7 Å². The number of benzene rings is 1. The maximum Gasteiger partial charge on any atom is 0.232 e. The highest BCUT2D eigenvalue weighted by molar-refractivity contribution is 7.22. The Morgan fingerprint density at radius 3 is 2.88 bits per heavy atom. The molecule has 1 aliphatic rings. The zero-order chi connectivity index (χ0) is 17.2. The number of halogens is 1. The van der Waals surface area contributed by atoms with Crippen LogP contribution in [-0.2, 0) is 11.3 Å². The zero-order valence-electron chi connectivity index (χ0n) is 13.7. The molecule has 0 aliphatic heterocycles. The third kappa shape index (κ3) is 3.42. The SMILES string of the molecule is O=C(C1CCCCC1)N(Cc1ccn[nH]1)c1nc2ccc(F)cc2s1. The third-order valence-electron chi connectivity index (χ3n) is 4.68. The first kappa shape index (κ1) is 16.2. The topological polar surface area (TPSA) is 61.9 Å². The number of carbonyl (C=O) groups is 1. The Morgan fingerprint density at radius 2 is 2.12 bits per heavy atom. The summed E-state index contributed by atoms with van der Waals surface area (Å²) in [6.45, 7) is 0.400. The van der Waals surface area contributed by atoms with Crippen molar-refractivity contribution in [1.29, 1.82) is 0 Å². The first-order valence-electron chi connectivity index (χ1n) is 8.56. The molecule has 25 heavy (non-hydrogen) atoms. The highest BCUT2D eigenvalue weighted by atomic mass is 32.1. The summed E-state index contributed by atoms with van der Waals surface area (Å²) in [5.41, 5.74) is 1.57. The van der Waals surface area contributed by atoms with Gasteiger partial charge in [-0.3, -0.25) is 14.8 Å². The summed E-state index contributed by atoms with van der Waals surface area (Å²) in [7, 11) is 0. The standard InChI is InChI=1S/C18H19FN4OS/c19-13-6-7-15-16(10-13)25-18(21-15)23(11-14-8-9-20-22-14)17(24)12-4-2-1-3-5-12/h6-10,12H,1-5,11H2,(H,20,22). The number of anilines is 1. The van der Waals surface area contributed by atoms with Crippen molar-refractivity contribution in [3.05, 3.63) is 42.0 Å². The van der Waals surface area contributed by atoms with Gasteiger partial charge < -0.3 is 0 Å². The monoisotopic (exact) mass is 358 g/mol. The van der Waals surface area contributed by atoms with Crippen LogP contribution in [0.1, 0.15) is 37.8 Å². The molecule has 4 rings (SSSR count). The molecule has 0 radical (unpaired) electrons. The molecule has 1 amide bonds. The lowest BCUT2D eigenvalue weighted by Gasteiger charge is -2.27. The first-order chi connectivity index (χ1) is 12.2. The number of nitrogens with zero attached hydrogens (tertiary/aromatic N) is 3. The van der Waals surface area contributed by atoms with Gasteiger partial charge in [-0.25, -0.2) is 9.37 Å². The number of nitrogens with one attached hydrogen (secondary N) is 1. The molecule has 0 spiro atoms. The van der Waals surface area contributed by atoms with Gasteiger partial charge in [-0.15, -0.1) is 0 Å². The van der Waals surface area contributed by atoms with Crippen molar-refractivity contribution in [1.82, 2.24) is 15.2 Å². The lowest BCUT2D eigenvalue weighted by atomic mass is 9.88. The predicted molar refractivity (Wildman–Crippen MR) is 95.9 cm³/mol. The van der Waals surface area contributed by atoms with E-state index < -0.39 is 0 Å². The smallest absolute Gasteiger partial charge is 0.232 e. The number of H-pyrrole nitrogens is 1. The van der Waals surface area contributed by atoms with Crippen molar-refractivity contribution in [2.24, 2.45) is 5.92 Å². The van der Waals surface area contributed by atoms with E-state index in [0.717, 1.165) is 36.1 Å². The van der Waals surface area contributed by atoms with E-state index in [1.54, 1.807) is 17.2 Å². The summed E-state index contributed by atoms with van der Waals surface area (Å²) in [6, 6.07) is 6.38. The molecule has 1 aliphatic carbocycles. The Bertz CT molecular complexity index is 870. The van der Waals surface area contributed by atoms with Crippen LogP contribution < -0.4 is 4.90 Å². The van der Waals surface area contributed by atoms with Gasteiger partial charge in [-0.1, -0.05) is 30.6 Å². The number of rotatable bonds is 4. The van der Waals surface area contributed by atoms with Gasteiger partial charge in [-0.2, -0.15) is 5.10 Å². The van der Waals surface area contributed by atoms with Gasteiger partial charge in [0.1, 0.15) is 5.82 Å². The second-order valence-corrected chi connectivity index (χ2v) is 7.46. The predicted octanol–water partition coefficient (Wildman–Crippen LogP) is 4.27. The number of fused-ring (bicyclic) bond motifs is 1. The highest BCUT2D eigenvalue weighted by Gasteiger charge is 2.29. The second kappa shape index (κ2) is 6.92. The maximum atomic E-state index is 13.5. The molecule has 1 aromatic carbocycles. The van der Waals surface area contributed by atoms with Gasteiger partial charge >= 0.3 is 0 Å². The maximum absolute atomic E-state index is 13.5. The van der Waals surface area contributed by atoms with E-state index in [4.69, 9.17) is 0 Å². The van der Waals surface area contributed by atoms with Gasteiger partial charge in [0.25, 0.3) is 0 Å². The molecule has 7 heteroatoms. The van der Waals surface area contributed by atoms with Gasteiger partial charge in [-0.05, 0) is 37.1 Å². The van der Waals surface area contributed by atoms with Crippen molar-refractivity contribution in [2.75, 3.05) is 4.90 Å². The fourth-order valence-electron chi connectivity index (χ4n) is 3.35. The summed E-state index contributed by atoms with van der Waals surface area (Å²) >= 11 is 1.35. The van der Waals surface area contributed by atoms with E-state index in [9.17, 15) is 9.18 Å². The Labute approximate surface area is 148 Å². The van der Waals surface area contributed by atoms with E-state index in [1.165, 1.54) is 29.9 Å². The molecule has 0 atom stereocenters. The summed E-state index contributed by atoms with van der Waals surface area (Å²) < 4.78 is 14.2. The van der Waals surface area contributed by atoms with E-state index in [0.29, 0.717) is 17.2 Å². The Morgan fingerprint density at radius 1 is 1.28 bits per heavy atom. The number of aromatic amines is 1. The van der Waals surface area contributed by atoms with Crippen LogP contribution in [0.15, 0.2) is 30.5 Å². The van der Waals surface area contributed by atoms with Crippen LogP contribution in [0.25, 0.3) is 10.2 Å². The average molecular weight is 358 g/mol. The quantitative estimate of drug-likeness (QED) is 0.757. The molecule has 130 valence electrons. The van der Waals surface area contributed by atoms with E-state index >= 15 is 0 Å². The van der Waals surface area contributed by atoms with E-state index in [1.807, 2.05) is 6.07 Å². The molecule has 3 aromatic rings. The Hall–Kier alpha value is -2.28. The normalized spacial score (nSPS) is 15.6. The first-order valence-corrected chi connectivity index (χ1v) is 9.38. The van der Waals surface area contributed by atoms with Crippen molar-refractivity contribution in [3.63, 3.8) is 0 Å². The van der Waals surface area contributed by atoms with Crippen molar-refractivity contribution < 1.29 is 9.18 Å². The molecule has 5 nitrogen and oxygen atoms in total. The van der Waals surface area contributed by atoms with Crippen LogP contribution in [0.4, 0.5) is 9.52 Å². The minimum absolute atomic E-state index is 0.0421. The number of carbonyl (C=O) groups excluding carboxylic acids is 1.